The average molecular weight is 416 g/mol. The molecule has 2 aromatic rings. The lowest BCUT2D eigenvalue weighted by atomic mass is 10.0. The van der Waals surface area contributed by atoms with E-state index < -0.39 is 0 Å². The van der Waals surface area contributed by atoms with Gasteiger partial charge < -0.3 is 5.32 Å². The predicted molar refractivity (Wildman–Crippen MR) is 108 cm³/mol. The van der Waals surface area contributed by atoms with E-state index in [1.54, 1.807) is 18.3 Å². The van der Waals surface area contributed by atoms with Crippen LogP contribution < -0.4 is 10.7 Å². The average Bonchev–Trinajstić information content (AvgIpc) is 2.62. The lowest BCUT2D eigenvalue weighted by molar-refractivity contribution is -0.124. The Hall–Kier alpha value is -2.47. The maximum Gasteiger partial charge on any atom is 0.240 e. The van der Waals surface area contributed by atoms with Crippen molar-refractivity contribution in [3.8, 4) is 0 Å². The number of nitrogens with zero attached hydrogens (tertiary/aromatic N) is 1. The third-order valence-corrected chi connectivity index (χ3v) is 4.24. The second kappa shape index (κ2) is 9.87. The zero-order chi connectivity index (χ0) is 18.9. The number of halogens is 1. The molecule has 0 heterocycles. The highest BCUT2D eigenvalue weighted by Crippen LogP contribution is 2.15. The summed E-state index contributed by atoms with van der Waals surface area (Å²) in [6.07, 6.45) is 1.76. The number of rotatable bonds is 7. The van der Waals surface area contributed by atoms with Gasteiger partial charge in [0.05, 0.1) is 6.21 Å². The van der Waals surface area contributed by atoms with E-state index in [9.17, 15) is 9.59 Å². The normalized spacial score (nSPS) is 10.9. The van der Waals surface area contributed by atoms with Crippen LogP contribution in [0.5, 0.6) is 0 Å². The lowest BCUT2D eigenvalue weighted by Crippen LogP contribution is -2.20. The van der Waals surface area contributed by atoms with Crippen LogP contribution in [0.15, 0.2) is 58.1 Å². The quantitative estimate of drug-likeness (QED) is 0.518. The van der Waals surface area contributed by atoms with Crippen LogP contribution in [0.4, 0.5) is 5.69 Å². The molecule has 0 saturated heterocycles. The number of benzene rings is 2. The summed E-state index contributed by atoms with van der Waals surface area (Å²) in [5.74, 6) is -0.0361. The first-order valence-electron chi connectivity index (χ1n) is 8.41. The molecule has 2 N–H and O–H groups in total. The molecule has 0 aliphatic heterocycles. The first-order valence-corrected chi connectivity index (χ1v) is 9.20. The van der Waals surface area contributed by atoms with Gasteiger partial charge in [0.25, 0.3) is 0 Å². The van der Waals surface area contributed by atoms with Crippen LogP contribution in [0.3, 0.4) is 0 Å². The zero-order valence-corrected chi connectivity index (χ0v) is 16.4. The highest BCUT2D eigenvalue weighted by atomic mass is 79.9. The molecule has 5 nitrogen and oxygen atoms in total. The maximum atomic E-state index is 11.8. The fourth-order valence-electron chi connectivity index (χ4n) is 2.19. The molecule has 0 aliphatic carbocycles. The van der Waals surface area contributed by atoms with Crippen molar-refractivity contribution in [1.82, 2.24) is 5.43 Å². The molecule has 26 heavy (non-hydrogen) atoms. The number of carbonyl (C=O) groups is 2. The van der Waals surface area contributed by atoms with E-state index in [1.165, 1.54) is 5.56 Å². The van der Waals surface area contributed by atoms with Crippen molar-refractivity contribution in [3.05, 3.63) is 64.1 Å². The minimum Gasteiger partial charge on any atom is -0.326 e. The Bertz CT molecular complexity index is 769. The molecule has 0 radical (unpaired) electrons. The summed E-state index contributed by atoms with van der Waals surface area (Å²) >= 11 is 3.33. The molecule has 2 aromatic carbocycles. The smallest absolute Gasteiger partial charge is 0.240 e. The second-order valence-corrected chi connectivity index (χ2v) is 7.09. The summed E-state index contributed by atoms with van der Waals surface area (Å²) in [6.45, 7) is 4.27. The predicted octanol–water partition coefficient (Wildman–Crippen LogP) is 4.44. The topological polar surface area (TPSA) is 70.6 Å². The number of amides is 2. The van der Waals surface area contributed by atoms with E-state index in [0.29, 0.717) is 11.6 Å². The number of nitrogens with one attached hydrogen (secondary N) is 2. The Morgan fingerprint density at radius 3 is 2.23 bits per heavy atom. The van der Waals surface area contributed by atoms with Crippen LogP contribution in [0, 0.1) is 0 Å². The van der Waals surface area contributed by atoms with Gasteiger partial charge in [-0.2, -0.15) is 5.10 Å². The molecule has 0 unspecified atom stereocenters. The fourth-order valence-corrected chi connectivity index (χ4v) is 2.45. The largest absolute Gasteiger partial charge is 0.326 e. The van der Waals surface area contributed by atoms with Crippen LogP contribution in [-0.4, -0.2) is 18.0 Å². The Balaban J connectivity index is 1.72. The molecular formula is C20H22BrN3O2. The summed E-state index contributed by atoms with van der Waals surface area (Å²) in [5, 5.41) is 6.67. The van der Waals surface area contributed by atoms with E-state index in [-0.39, 0.29) is 24.7 Å². The van der Waals surface area contributed by atoms with E-state index in [0.717, 1.165) is 10.0 Å². The van der Waals surface area contributed by atoms with Crippen molar-refractivity contribution < 1.29 is 9.59 Å². The SMILES string of the molecule is CC(C)c1ccc(/C=N\NC(=O)CCC(=O)Nc2ccc(Br)cc2)cc1. The Kier molecular flexibility index (Phi) is 7.53. The zero-order valence-electron chi connectivity index (χ0n) is 14.8. The Morgan fingerprint density at radius 2 is 1.62 bits per heavy atom. The van der Waals surface area contributed by atoms with Crippen molar-refractivity contribution in [2.24, 2.45) is 5.10 Å². The van der Waals surface area contributed by atoms with Gasteiger partial charge >= 0.3 is 0 Å². The van der Waals surface area contributed by atoms with Gasteiger partial charge in [0, 0.05) is 23.0 Å². The number of hydrogen-bond donors (Lipinski definition) is 2. The second-order valence-electron chi connectivity index (χ2n) is 6.17. The van der Waals surface area contributed by atoms with Gasteiger partial charge in [0.1, 0.15) is 0 Å². The highest BCUT2D eigenvalue weighted by Gasteiger charge is 2.06. The van der Waals surface area contributed by atoms with Gasteiger partial charge in [-0.1, -0.05) is 54.0 Å². The molecule has 0 saturated carbocycles. The molecule has 0 atom stereocenters. The number of hydrogen-bond acceptors (Lipinski definition) is 3. The van der Waals surface area contributed by atoms with Crippen LogP contribution >= 0.6 is 15.9 Å². The molecule has 0 aromatic heterocycles. The number of carbonyl (C=O) groups excluding carboxylic acids is 2. The highest BCUT2D eigenvalue weighted by molar-refractivity contribution is 9.10. The van der Waals surface area contributed by atoms with Crippen molar-refractivity contribution in [2.45, 2.75) is 32.6 Å². The summed E-state index contributed by atoms with van der Waals surface area (Å²) in [7, 11) is 0. The molecule has 0 aliphatic rings. The Morgan fingerprint density at radius 1 is 1.00 bits per heavy atom. The molecule has 6 heteroatoms. The van der Waals surface area contributed by atoms with Crippen LogP contribution in [0.25, 0.3) is 0 Å². The lowest BCUT2D eigenvalue weighted by Gasteiger charge is -2.05. The molecule has 0 bridgehead atoms. The third kappa shape index (κ3) is 6.80. The Labute approximate surface area is 162 Å². The molecule has 2 rings (SSSR count). The first kappa shape index (κ1) is 19.8. The van der Waals surface area contributed by atoms with Gasteiger partial charge in [0.15, 0.2) is 0 Å². The molecular weight excluding hydrogens is 394 g/mol. The van der Waals surface area contributed by atoms with E-state index in [1.807, 2.05) is 36.4 Å². The van der Waals surface area contributed by atoms with Gasteiger partial charge in [0.2, 0.25) is 11.8 Å². The van der Waals surface area contributed by atoms with Crippen LogP contribution in [0.1, 0.15) is 43.7 Å². The van der Waals surface area contributed by atoms with E-state index in [2.05, 4.69) is 45.6 Å². The van der Waals surface area contributed by atoms with Crippen molar-refractivity contribution >= 4 is 39.6 Å². The first-order chi connectivity index (χ1) is 12.4. The van der Waals surface area contributed by atoms with Gasteiger partial charge in [-0.05, 0) is 41.3 Å². The van der Waals surface area contributed by atoms with Gasteiger partial charge in [-0.25, -0.2) is 5.43 Å². The van der Waals surface area contributed by atoms with Gasteiger partial charge in [-0.3, -0.25) is 9.59 Å². The number of hydrazone groups is 1. The monoisotopic (exact) mass is 415 g/mol. The minimum atomic E-state index is -0.300. The standard InChI is InChI=1S/C20H22BrN3O2/c1-14(2)16-5-3-15(4-6-16)13-22-24-20(26)12-11-19(25)23-18-9-7-17(21)8-10-18/h3-10,13-14H,11-12H2,1-2H3,(H,23,25)(H,24,26)/b22-13-. The van der Waals surface area contributed by atoms with Gasteiger partial charge in [-0.15, -0.1) is 0 Å². The van der Waals surface area contributed by atoms with Crippen molar-refractivity contribution in [3.63, 3.8) is 0 Å². The van der Waals surface area contributed by atoms with Crippen molar-refractivity contribution in [2.75, 3.05) is 5.32 Å². The number of anilines is 1. The molecule has 136 valence electrons. The van der Waals surface area contributed by atoms with Crippen molar-refractivity contribution in [1.29, 1.82) is 0 Å². The molecule has 2 amide bonds. The third-order valence-electron chi connectivity index (χ3n) is 3.71. The van der Waals surface area contributed by atoms with Crippen LogP contribution in [-0.2, 0) is 9.59 Å². The van der Waals surface area contributed by atoms with E-state index >= 15 is 0 Å². The van der Waals surface area contributed by atoms with Crippen LogP contribution in [0.2, 0.25) is 0 Å². The minimum absolute atomic E-state index is 0.0754. The summed E-state index contributed by atoms with van der Waals surface area (Å²) < 4.78 is 0.937. The summed E-state index contributed by atoms with van der Waals surface area (Å²) in [6, 6.07) is 15.2. The molecule has 0 fully saturated rings. The summed E-state index contributed by atoms with van der Waals surface area (Å²) in [4.78, 5) is 23.6. The fraction of sp³-hybridized carbons (Fsp3) is 0.250. The summed E-state index contributed by atoms with van der Waals surface area (Å²) in [5.41, 5.74) is 5.29. The maximum absolute atomic E-state index is 11.8. The molecule has 0 spiro atoms. The van der Waals surface area contributed by atoms with E-state index in [4.69, 9.17) is 0 Å².